The van der Waals surface area contributed by atoms with Crippen molar-refractivity contribution in [2.45, 2.75) is 37.2 Å². The third kappa shape index (κ3) is 4.33. The molecule has 1 amide bonds. The fourth-order valence-electron chi connectivity index (χ4n) is 3.38. The van der Waals surface area contributed by atoms with E-state index >= 15 is 0 Å². The molecule has 0 radical (unpaired) electrons. The highest BCUT2D eigenvalue weighted by molar-refractivity contribution is 7.89. The molecule has 0 saturated heterocycles. The Morgan fingerprint density at radius 2 is 1.76 bits per heavy atom. The number of hydrogen-bond donors (Lipinski definition) is 1. The molecule has 4 rings (SSSR count). The first-order valence-electron chi connectivity index (χ1n) is 9.69. The Morgan fingerprint density at radius 1 is 1.03 bits per heavy atom. The molecular formula is C23H24N2O3S. The van der Waals surface area contributed by atoms with Gasteiger partial charge in [-0.25, -0.2) is 13.1 Å². The quantitative estimate of drug-likeness (QED) is 0.673. The summed E-state index contributed by atoms with van der Waals surface area (Å²) in [6, 6.07) is 19.0. The summed E-state index contributed by atoms with van der Waals surface area (Å²) in [6.45, 7) is 2.27. The number of carbonyl (C=O) groups is 1. The number of carbonyl (C=O) groups excluding carboxylic acids is 1. The van der Waals surface area contributed by atoms with Crippen molar-refractivity contribution in [2.24, 2.45) is 0 Å². The zero-order valence-electron chi connectivity index (χ0n) is 16.6. The van der Waals surface area contributed by atoms with E-state index in [4.69, 9.17) is 0 Å². The minimum absolute atomic E-state index is 0.0241. The fraction of sp³-hybridized carbons (Fsp3) is 0.261. The van der Waals surface area contributed by atoms with Crippen LogP contribution in [0.1, 0.15) is 34.3 Å². The van der Waals surface area contributed by atoms with E-state index in [0.29, 0.717) is 12.1 Å². The van der Waals surface area contributed by atoms with Crippen LogP contribution in [0.25, 0.3) is 10.8 Å². The van der Waals surface area contributed by atoms with Crippen LogP contribution in [0.15, 0.2) is 65.6 Å². The molecule has 1 N–H and O–H groups in total. The van der Waals surface area contributed by atoms with E-state index in [-0.39, 0.29) is 16.8 Å². The van der Waals surface area contributed by atoms with Crippen molar-refractivity contribution in [2.75, 3.05) is 7.05 Å². The summed E-state index contributed by atoms with van der Waals surface area (Å²) in [5, 5.41) is 2.28. The van der Waals surface area contributed by atoms with E-state index < -0.39 is 10.0 Å². The van der Waals surface area contributed by atoms with Gasteiger partial charge < -0.3 is 4.90 Å². The molecule has 3 aromatic carbocycles. The molecule has 1 aliphatic carbocycles. The lowest BCUT2D eigenvalue weighted by molar-refractivity contribution is 0.0784. The first kappa shape index (κ1) is 19.6. The highest BCUT2D eigenvalue weighted by Gasteiger charge is 2.28. The summed E-state index contributed by atoms with van der Waals surface area (Å²) in [4.78, 5) is 14.8. The SMILES string of the molecule is Cc1ccc(S(=O)(=O)NC2CC2)cc1C(=O)N(C)Cc1ccc2ccccc2c1. The van der Waals surface area contributed by atoms with Gasteiger partial charge >= 0.3 is 0 Å². The molecule has 0 unspecified atom stereocenters. The van der Waals surface area contributed by atoms with Gasteiger partial charge in [0.2, 0.25) is 10.0 Å². The van der Waals surface area contributed by atoms with Crippen molar-refractivity contribution in [3.63, 3.8) is 0 Å². The third-order valence-corrected chi connectivity index (χ3v) is 6.75. The Kier molecular flexibility index (Phi) is 5.15. The summed E-state index contributed by atoms with van der Waals surface area (Å²) in [7, 11) is -1.86. The summed E-state index contributed by atoms with van der Waals surface area (Å²) < 4.78 is 27.7. The van der Waals surface area contributed by atoms with Crippen molar-refractivity contribution in [1.29, 1.82) is 0 Å². The maximum absolute atomic E-state index is 13.1. The number of fused-ring (bicyclic) bond motifs is 1. The number of aryl methyl sites for hydroxylation is 1. The largest absolute Gasteiger partial charge is 0.337 e. The Bertz CT molecular complexity index is 1180. The number of hydrogen-bond acceptors (Lipinski definition) is 3. The number of amides is 1. The smallest absolute Gasteiger partial charge is 0.254 e. The Hall–Kier alpha value is -2.70. The van der Waals surface area contributed by atoms with Crippen molar-refractivity contribution in [3.05, 3.63) is 77.4 Å². The van der Waals surface area contributed by atoms with Crippen molar-refractivity contribution in [1.82, 2.24) is 9.62 Å². The van der Waals surface area contributed by atoms with Gasteiger partial charge in [-0.15, -0.1) is 0 Å². The molecule has 0 aromatic heterocycles. The molecule has 1 fully saturated rings. The molecular weight excluding hydrogens is 384 g/mol. The highest BCUT2D eigenvalue weighted by Crippen LogP contribution is 2.24. The minimum atomic E-state index is -3.60. The van der Waals surface area contributed by atoms with E-state index in [1.807, 2.05) is 37.3 Å². The van der Waals surface area contributed by atoms with Gasteiger partial charge in [0.05, 0.1) is 4.90 Å². The predicted octanol–water partition coefficient (Wildman–Crippen LogP) is 3.86. The molecule has 0 spiro atoms. The van der Waals surface area contributed by atoms with E-state index in [9.17, 15) is 13.2 Å². The molecule has 5 nitrogen and oxygen atoms in total. The second-order valence-corrected chi connectivity index (χ2v) is 9.43. The lowest BCUT2D eigenvalue weighted by Gasteiger charge is -2.19. The molecule has 6 heteroatoms. The van der Waals surface area contributed by atoms with Crippen LogP contribution >= 0.6 is 0 Å². The van der Waals surface area contributed by atoms with Crippen molar-refractivity contribution < 1.29 is 13.2 Å². The summed E-state index contributed by atoms with van der Waals surface area (Å²) >= 11 is 0. The average Bonchev–Trinajstić information content (AvgIpc) is 3.51. The van der Waals surface area contributed by atoms with Gasteiger partial charge in [-0.05, 0) is 59.9 Å². The van der Waals surface area contributed by atoms with E-state index in [1.165, 1.54) is 6.07 Å². The topological polar surface area (TPSA) is 66.5 Å². The van der Waals surface area contributed by atoms with Crippen LogP contribution in [-0.2, 0) is 16.6 Å². The minimum Gasteiger partial charge on any atom is -0.337 e. The number of nitrogens with one attached hydrogen (secondary N) is 1. The standard InChI is InChI=1S/C23H24N2O3S/c1-16-7-12-21(29(27,28)24-20-10-11-20)14-22(16)23(26)25(2)15-17-8-9-18-5-3-4-6-19(18)13-17/h3-9,12-14,20,24H,10-11,15H2,1-2H3. The Labute approximate surface area is 171 Å². The van der Waals surface area contributed by atoms with E-state index in [2.05, 4.69) is 16.9 Å². The maximum atomic E-state index is 13.1. The van der Waals surface area contributed by atoms with Gasteiger partial charge in [-0.1, -0.05) is 42.5 Å². The van der Waals surface area contributed by atoms with Gasteiger partial charge in [0.15, 0.2) is 0 Å². The second-order valence-electron chi connectivity index (χ2n) is 7.72. The van der Waals surface area contributed by atoms with Gasteiger partial charge in [0.25, 0.3) is 5.91 Å². The second kappa shape index (κ2) is 7.61. The molecule has 0 bridgehead atoms. The molecule has 150 valence electrons. The lowest BCUT2D eigenvalue weighted by atomic mass is 10.1. The fourth-order valence-corrected chi connectivity index (χ4v) is 4.71. The van der Waals surface area contributed by atoms with Gasteiger partial charge in [-0.2, -0.15) is 0 Å². The van der Waals surface area contributed by atoms with E-state index in [0.717, 1.165) is 34.7 Å². The molecule has 0 aliphatic heterocycles. The third-order valence-electron chi connectivity index (χ3n) is 5.23. The van der Waals surface area contributed by atoms with Crippen LogP contribution in [-0.4, -0.2) is 32.3 Å². The summed E-state index contributed by atoms with van der Waals surface area (Å²) in [5.41, 5.74) is 2.19. The molecule has 3 aromatic rings. The van der Waals surface area contributed by atoms with Crippen LogP contribution in [0.2, 0.25) is 0 Å². The number of benzene rings is 3. The zero-order valence-corrected chi connectivity index (χ0v) is 17.4. The Balaban J connectivity index is 1.56. The average molecular weight is 409 g/mol. The Morgan fingerprint density at radius 3 is 2.48 bits per heavy atom. The van der Waals surface area contributed by atoms with E-state index in [1.54, 1.807) is 24.1 Å². The van der Waals surface area contributed by atoms with Crippen molar-refractivity contribution in [3.8, 4) is 0 Å². The molecule has 29 heavy (non-hydrogen) atoms. The van der Waals surface area contributed by atoms with Gasteiger partial charge in [0.1, 0.15) is 0 Å². The summed E-state index contributed by atoms with van der Waals surface area (Å²) in [5.74, 6) is -0.195. The normalized spacial score (nSPS) is 14.1. The van der Waals surface area contributed by atoms with Crippen LogP contribution in [0.3, 0.4) is 0 Å². The van der Waals surface area contributed by atoms with Crippen LogP contribution in [0, 0.1) is 6.92 Å². The zero-order chi connectivity index (χ0) is 20.6. The number of nitrogens with zero attached hydrogens (tertiary/aromatic N) is 1. The molecule has 1 saturated carbocycles. The molecule has 0 heterocycles. The van der Waals surface area contributed by atoms with Crippen LogP contribution in [0.4, 0.5) is 0 Å². The predicted molar refractivity (Wildman–Crippen MR) is 114 cm³/mol. The first-order valence-corrected chi connectivity index (χ1v) is 11.2. The lowest BCUT2D eigenvalue weighted by Crippen LogP contribution is -2.28. The monoisotopic (exact) mass is 408 g/mol. The molecule has 1 aliphatic rings. The van der Waals surface area contributed by atoms with Crippen LogP contribution < -0.4 is 4.72 Å². The van der Waals surface area contributed by atoms with Crippen LogP contribution in [0.5, 0.6) is 0 Å². The molecule has 0 atom stereocenters. The summed E-state index contributed by atoms with van der Waals surface area (Å²) in [6.07, 6.45) is 1.73. The maximum Gasteiger partial charge on any atom is 0.254 e. The van der Waals surface area contributed by atoms with Crippen molar-refractivity contribution >= 4 is 26.7 Å². The van der Waals surface area contributed by atoms with Gasteiger partial charge in [-0.3, -0.25) is 4.79 Å². The first-order chi connectivity index (χ1) is 13.8. The number of rotatable bonds is 6. The highest BCUT2D eigenvalue weighted by atomic mass is 32.2. The van der Waals surface area contributed by atoms with Gasteiger partial charge in [0, 0.05) is 25.2 Å². The number of sulfonamides is 1.